The van der Waals surface area contributed by atoms with Gasteiger partial charge < -0.3 is 4.74 Å². The van der Waals surface area contributed by atoms with Crippen molar-refractivity contribution in [2.24, 2.45) is 0 Å². The molecule has 2 heteroatoms. The highest BCUT2D eigenvalue weighted by Gasteiger charge is 2.27. The second-order valence-electron chi connectivity index (χ2n) is 4.81. The molecule has 0 saturated heterocycles. The first-order chi connectivity index (χ1) is 8.65. The van der Waals surface area contributed by atoms with Gasteiger partial charge in [0.15, 0.2) is 5.78 Å². The summed E-state index contributed by atoms with van der Waals surface area (Å²) in [5.41, 5.74) is 3.11. The van der Waals surface area contributed by atoms with Crippen LogP contribution in [-0.2, 0) is 9.53 Å². The lowest BCUT2D eigenvalue weighted by atomic mass is 9.98. The SMILES string of the molecule is CCCC/C(C(C)=O)=C1/OC(C)c2ccccc21. The Hall–Kier alpha value is -1.57. The molecule has 1 heterocycles. The minimum absolute atomic E-state index is 0.0483. The molecule has 0 amide bonds. The first-order valence-corrected chi connectivity index (χ1v) is 6.65. The first-order valence-electron chi connectivity index (χ1n) is 6.65. The number of hydrogen-bond donors (Lipinski definition) is 0. The van der Waals surface area contributed by atoms with E-state index in [4.69, 9.17) is 4.74 Å². The molecule has 1 aliphatic heterocycles. The zero-order valence-electron chi connectivity index (χ0n) is 11.3. The van der Waals surface area contributed by atoms with Gasteiger partial charge in [0.25, 0.3) is 0 Å². The van der Waals surface area contributed by atoms with Crippen molar-refractivity contribution in [1.29, 1.82) is 0 Å². The number of Topliss-reactive ketones (excluding diaryl/α,β-unsaturated/α-hetero) is 1. The fourth-order valence-corrected chi connectivity index (χ4v) is 2.40. The molecule has 0 saturated carbocycles. The number of carbonyl (C=O) groups is 1. The van der Waals surface area contributed by atoms with E-state index in [0.717, 1.165) is 36.2 Å². The van der Waals surface area contributed by atoms with Crippen molar-refractivity contribution in [2.75, 3.05) is 0 Å². The van der Waals surface area contributed by atoms with Crippen molar-refractivity contribution >= 4 is 11.5 Å². The van der Waals surface area contributed by atoms with Crippen LogP contribution >= 0.6 is 0 Å². The second-order valence-corrected chi connectivity index (χ2v) is 4.81. The molecule has 96 valence electrons. The van der Waals surface area contributed by atoms with Crippen molar-refractivity contribution in [2.45, 2.75) is 46.1 Å². The molecule has 18 heavy (non-hydrogen) atoms. The summed E-state index contributed by atoms with van der Waals surface area (Å²) >= 11 is 0. The van der Waals surface area contributed by atoms with Gasteiger partial charge in [0.2, 0.25) is 0 Å². The third kappa shape index (κ3) is 2.33. The Labute approximate surface area is 109 Å². The molecule has 1 aromatic rings. The largest absolute Gasteiger partial charge is 0.485 e. The number of ketones is 1. The Kier molecular flexibility index (Phi) is 3.85. The molecule has 2 nitrogen and oxygen atoms in total. The highest BCUT2D eigenvalue weighted by Crippen LogP contribution is 2.40. The summed E-state index contributed by atoms with van der Waals surface area (Å²) in [6, 6.07) is 8.13. The third-order valence-electron chi connectivity index (χ3n) is 3.42. The molecule has 0 aliphatic carbocycles. The Balaban J connectivity index is 2.46. The Morgan fingerprint density at radius 2 is 2.06 bits per heavy atom. The molecule has 2 rings (SSSR count). The van der Waals surface area contributed by atoms with E-state index in [9.17, 15) is 4.79 Å². The molecule has 0 spiro atoms. The van der Waals surface area contributed by atoms with Crippen molar-refractivity contribution in [1.82, 2.24) is 0 Å². The Bertz CT molecular complexity index is 486. The summed E-state index contributed by atoms with van der Waals surface area (Å²) in [6.45, 7) is 5.80. The van der Waals surface area contributed by atoms with Crippen LogP contribution in [0.2, 0.25) is 0 Å². The van der Waals surface area contributed by atoms with Crippen LogP contribution in [0.1, 0.15) is 57.3 Å². The van der Waals surface area contributed by atoms with Crippen molar-refractivity contribution in [3.8, 4) is 0 Å². The van der Waals surface area contributed by atoms with Crippen molar-refractivity contribution in [3.63, 3.8) is 0 Å². The van der Waals surface area contributed by atoms with Crippen LogP contribution in [0.25, 0.3) is 5.76 Å². The lowest BCUT2D eigenvalue weighted by molar-refractivity contribution is -0.113. The molecule has 1 unspecified atom stereocenters. The number of rotatable bonds is 4. The summed E-state index contributed by atoms with van der Waals surface area (Å²) in [4.78, 5) is 11.8. The number of carbonyl (C=O) groups excluding carboxylic acids is 1. The predicted molar refractivity (Wildman–Crippen MR) is 73.1 cm³/mol. The third-order valence-corrected chi connectivity index (χ3v) is 3.42. The maximum absolute atomic E-state index is 11.8. The van der Waals surface area contributed by atoms with Crippen LogP contribution in [0.15, 0.2) is 29.8 Å². The average Bonchev–Trinajstić information content (AvgIpc) is 2.68. The van der Waals surface area contributed by atoms with Gasteiger partial charge in [-0.1, -0.05) is 37.6 Å². The van der Waals surface area contributed by atoms with Gasteiger partial charge in [-0.2, -0.15) is 0 Å². The van der Waals surface area contributed by atoms with Gasteiger partial charge in [-0.15, -0.1) is 0 Å². The zero-order chi connectivity index (χ0) is 13.1. The molecule has 1 aliphatic rings. The van der Waals surface area contributed by atoms with Gasteiger partial charge in [-0.05, 0) is 26.7 Å². The van der Waals surface area contributed by atoms with Crippen LogP contribution in [0.3, 0.4) is 0 Å². The van der Waals surface area contributed by atoms with Gasteiger partial charge >= 0.3 is 0 Å². The second kappa shape index (κ2) is 5.38. The lowest BCUT2D eigenvalue weighted by Gasteiger charge is -2.10. The molecule has 0 N–H and O–H groups in total. The first kappa shape index (κ1) is 12.9. The van der Waals surface area contributed by atoms with E-state index in [1.54, 1.807) is 6.92 Å². The van der Waals surface area contributed by atoms with Crippen molar-refractivity contribution < 1.29 is 9.53 Å². The van der Waals surface area contributed by atoms with Gasteiger partial charge in [0.05, 0.1) is 0 Å². The number of hydrogen-bond acceptors (Lipinski definition) is 2. The summed E-state index contributed by atoms with van der Waals surface area (Å²) in [5, 5.41) is 0. The van der Waals surface area contributed by atoms with E-state index in [0.29, 0.717) is 0 Å². The summed E-state index contributed by atoms with van der Waals surface area (Å²) < 4.78 is 5.91. The van der Waals surface area contributed by atoms with E-state index in [2.05, 4.69) is 13.0 Å². The van der Waals surface area contributed by atoms with Gasteiger partial charge in [0.1, 0.15) is 11.9 Å². The minimum atomic E-state index is 0.0483. The zero-order valence-corrected chi connectivity index (χ0v) is 11.3. The molecule has 0 bridgehead atoms. The number of benzene rings is 1. The summed E-state index contributed by atoms with van der Waals surface area (Å²) in [7, 11) is 0. The number of allylic oxidation sites excluding steroid dienone is 1. The van der Waals surface area contributed by atoms with Crippen LogP contribution in [0.5, 0.6) is 0 Å². The summed E-state index contributed by atoms with van der Waals surface area (Å²) in [5.74, 6) is 0.932. The molecule has 0 fully saturated rings. The number of unbranched alkanes of at least 4 members (excludes halogenated alkanes) is 1. The molecule has 1 aromatic carbocycles. The van der Waals surface area contributed by atoms with Crippen LogP contribution in [-0.4, -0.2) is 5.78 Å². The van der Waals surface area contributed by atoms with Crippen LogP contribution < -0.4 is 0 Å². The topological polar surface area (TPSA) is 26.3 Å². The van der Waals surface area contributed by atoms with Gasteiger partial charge in [-0.3, -0.25) is 4.79 Å². The fraction of sp³-hybridized carbons (Fsp3) is 0.438. The molecular formula is C16H20O2. The van der Waals surface area contributed by atoms with Crippen molar-refractivity contribution in [3.05, 3.63) is 41.0 Å². The number of fused-ring (bicyclic) bond motifs is 1. The quantitative estimate of drug-likeness (QED) is 0.739. The maximum Gasteiger partial charge on any atom is 0.159 e. The van der Waals surface area contributed by atoms with E-state index in [-0.39, 0.29) is 11.9 Å². The average molecular weight is 244 g/mol. The Morgan fingerprint density at radius 1 is 1.33 bits per heavy atom. The lowest BCUT2D eigenvalue weighted by Crippen LogP contribution is -2.01. The molecule has 0 aromatic heterocycles. The highest BCUT2D eigenvalue weighted by molar-refractivity contribution is 6.00. The monoisotopic (exact) mass is 244 g/mol. The Morgan fingerprint density at radius 3 is 2.72 bits per heavy atom. The predicted octanol–water partition coefficient (Wildman–Crippen LogP) is 4.27. The van der Waals surface area contributed by atoms with Gasteiger partial charge in [0, 0.05) is 16.7 Å². The van der Waals surface area contributed by atoms with E-state index in [1.165, 1.54) is 5.56 Å². The normalized spacial score (nSPS) is 20.3. The number of ether oxygens (including phenoxy) is 1. The van der Waals surface area contributed by atoms with Crippen LogP contribution in [0.4, 0.5) is 0 Å². The maximum atomic E-state index is 11.8. The van der Waals surface area contributed by atoms with Gasteiger partial charge in [-0.25, -0.2) is 0 Å². The van der Waals surface area contributed by atoms with Crippen LogP contribution in [0, 0.1) is 0 Å². The standard InChI is InChI=1S/C16H20O2/c1-4-5-8-13(11(2)17)16-15-10-7-6-9-14(15)12(3)18-16/h6-7,9-10,12H,4-5,8H2,1-3H3/b16-13-. The van der Waals surface area contributed by atoms with E-state index < -0.39 is 0 Å². The molecular weight excluding hydrogens is 224 g/mol. The van der Waals surface area contributed by atoms with E-state index in [1.807, 2.05) is 25.1 Å². The highest BCUT2D eigenvalue weighted by atomic mass is 16.5. The fourth-order valence-electron chi connectivity index (χ4n) is 2.40. The smallest absolute Gasteiger partial charge is 0.159 e. The summed E-state index contributed by atoms with van der Waals surface area (Å²) in [6.07, 6.45) is 2.97. The molecule has 0 radical (unpaired) electrons. The molecule has 1 atom stereocenters. The minimum Gasteiger partial charge on any atom is -0.485 e. The van der Waals surface area contributed by atoms with E-state index >= 15 is 0 Å².